The molecule has 0 radical (unpaired) electrons. The van der Waals surface area contributed by atoms with E-state index in [0.717, 1.165) is 12.0 Å². The summed E-state index contributed by atoms with van der Waals surface area (Å²) in [5.74, 6) is 0.823. The van der Waals surface area contributed by atoms with Crippen LogP contribution in [-0.4, -0.2) is 12.6 Å². The van der Waals surface area contributed by atoms with Crippen molar-refractivity contribution < 1.29 is 0 Å². The van der Waals surface area contributed by atoms with Gasteiger partial charge in [0.15, 0.2) is 0 Å². The molecule has 1 saturated carbocycles. The van der Waals surface area contributed by atoms with Gasteiger partial charge in [0.05, 0.1) is 0 Å². The Labute approximate surface area is 125 Å². The maximum absolute atomic E-state index is 3.82. The Kier molecular flexibility index (Phi) is 6.09. The molecule has 0 heterocycles. The number of rotatable bonds is 5. The largest absolute Gasteiger partial charge is 0.314 e. The standard InChI is InChI=1S/C19H31N/c1-4-13-20-19-12-7-5-6-11-17(19)14-18-15(2)9-8-10-16(18)3/h8-10,17,19-20H,4-7,11-14H2,1-3H3. The quantitative estimate of drug-likeness (QED) is 0.760. The molecule has 1 N–H and O–H groups in total. The molecule has 1 aliphatic rings. The summed E-state index contributed by atoms with van der Waals surface area (Å²) in [7, 11) is 0. The lowest BCUT2D eigenvalue weighted by molar-refractivity contribution is 0.332. The summed E-state index contributed by atoms with van der Waals surface area (Å²) in [6.07, 6.45) is 9.52. The number of hydrogen-bond donors (Lipinski definition) is 1. The van der Waals surface area contributed by atoms with E-state index in [2.05, 4.69) is 44.3 Å². The second-order valence-corrected chi connectivity index (χ2v) is 6.53. The van der Waals surface area contributed by atoms with E-state index in [1.165, 1.54) is 62.6 Å². The Bertz CT molecular complexity index is 390. The first-order valence-electron chi connectivity index (χ1n) is 8.50. The summed E-state index contributed by atoms with van der Waals surface area (Å²) in [6, 6.07) is 7.46. The van der Waals surface area contributed by atoms with Crippen molar-refractivity contribution in [3.05, 3.63) is 34.9 Å². The zero-order valence-corrected chi connectivity index (χ0v) is 13.5. The summed E-state index contributed by atoms with van der Waals surface area (Å²) in [4.78, 5) is 0. The fourth-order valence-electron chi connectivity index (χ4n) is 3.66. The molecule has 1 aromatic carbocycles. The van der Waals surface area contributed by atoms with E-state index in [9.17, 15) is 0 Å². The van der Waals surface area contributed by atoms with E-state index in [1.807, 2.05) is 0 Å². The average Bonchev–Trinajstić information content (AvgIpc) is 2.66. The van der Waals surface area contributed by atoms with Crippen molar-refractivity contribution in [3.8, 4) is 0 Å². The number of nitrogens with one attached hydrogen (secondary N) is 1. The highest BCUT2D eigenvalue weighted by atomic mass is 14.9. The lowest BCUT2D eigenvalue weighted by atomic mass is 9.85. The molecule has 2 atom stereocenters. The molecule has 0 saturated heterocycles. The van der Waals surface area contributed by atoms with Crippen LogP contribution in [0.25, 0.3) is 0 Å². The van der Waals surface area contributed by atoms with E-state index in [4.69, 9.17) is 0 Å². The molecule has 0 aromatic heterocycles. The smallest absolute Gasteiger partial charge is 0.00985 e. The minimum atomic E-state index is 0.733. The van der Waals surface area contributed by atoms with Crippen LogP contribution in [-0.2, 0) is 6.42 Å². The Morgan fingerprint density at radius 3 is 2.45 bits per heavy atom. The van der Waals surface area contributed by atoms with E-state index in [-0.39, 0.29) is 0 Å². The van der Waals surface area contributed by atoms with Crippen LogP contribution >= 0.6 is 0 Å². The van der Waals surface area contributed by atoms with Gasteiger partial charge in [0.25, 0.3) is 0 Å². The fourth-order valence-corrected chi connectivity index (χ4v) is 3.66. The molecule has 0 bridgehead atoms. The van der Waals surface area contributed by atoms with Crippen LogP contribution in [0, 0.1) is 19.8 Å². The van der Waals surface area contributed by atoms with Gasteiger partial charge >= 0.3 is 0 Å². The minimum Gasteiger partial charge on any atom is -0.314 e. The molecule has 1 heteroatoms. The van der Waals surface area contributed by atoms with E-state index in [0.29, 0.717) is 0 Å². The highest BCUT2D eigenvalue weighted by Gasteiger charge is 2.24. The summed E-state index contributed by atoms with van der Waals surface area (Å²) in [5.41, 5.74) is 4.55. The molecular weight excluding hydrogens is 242 g/mol. The van der Waals surface area contributed by atoms with Crippen molar-refractivity contribution in [1.82, 2.24) is 5.32 Å². The van der Waals surface area contributed by atoms with Crippen LogP contribution in [0.5, 0.6) is 0 Å². The van der Waals surface area contributed by atoms with Crippen LogP contribution in [0.15, 0.2) is 18.2 Å². The summed E-state index contributed by atoms with van der Waals surface area (Å²) < 4.78 is 0. The zero-order valence-electron chi connectivity index (χ0n) is 13.5. The van der Waals surface area contributed by atoms with Gasteiger partial charge in [0, 0.05) is 6.04 Å². The van der Waals surface area contributed by atoms with Gasteiger partial charge in [0.1, 0.15) is 0 Å². The first-order chi connectivity index (χ1) is 9.72. The maximum Gasteiger partial charge on any atom is 0.00985 e. The zero-order chi connectivity index (χ0) is 14.4. The first kappa shape index (κ1) is 15.6. The predicted octanol–water partition coefficient (Wildman–Crippen LogP) is 4.79. The third-order valence-corrected chi connectivity index (χ3v) is 4.93. The van der Waals surface area contributed by atoms with Gasteiger partial charge in [-0.1, -0.05) is 44.4 Å². The highest BCUT2D eigenvalue weighted by Crippen LogP contribution is 2.28. The van der Waals surface area contributed by atoms with Crippen molar-refractivity contribution >= 4 is 0 Å². The molecular formula is C19H31N. The molecule has 1 aromatic rings. The highest BCUT2D eigenvalue weighted by molar-refractivity contribution is 5.34. The van der Waals surface area contributed by atoms with Gasteiger partial charge in [-0.2, -0.15) is 0 Å². The summed E-state index contributed by atoms with van der Waals surface area (Å²) >= 11 is 0. The molecule has 0 aliphatic heterocycles. The van der Waals surface area contributed by atoms with Gasteiger partial charge in [-0.3, -0.25) is 0 Å². The van der Waals surface area contributed by atoms with Crippen LogP contribution in [0.1, 0.15) is 62.1 Å². The molecule has 20 heavy (non-hydrogen) atoms. The lowest BCUT2D eigenvalue weighted by Crippen LogP contribution is -2.37. The molecule has 2 unspecified atom stereocenters. The van der Waals surface area contributed by atoms with Gasteiger partial charge in [0.2, 0.25) is 0 Å². The Morgan fingerprint density at radius 2 is 1.75 bits per heavy atom. The van der Waals surface area contributed by atoms with Crippen molar-refractivity contribution in [2.75, 3.05) is 6.54 Å². The van der Waals surface area contributed by atoms with Gasteiger partial charge in [-0.25, -0.2) is 0 Å². The van der Waals surface area contributed by atoms with Crippen LogP contribution in [0.3, 0.4) is 0 Å². The fraction of sp³-hybridized carbons (Fsp3) is 0.684. The number of benzene rings is 1. The Balaban J connectivity index is 2.10. The second kappa shape index (κ2) is 7.83. The van der Waals surface area contributed by atoms with Gasteiger partial charge < -0.3 is 5.32 Å². The van der Waals surface area contributed by atoms with Gasteiger partial charge in [-0.15, -0.1) is 0 Å². The molecule has 1 aliphatic carbocycles. The maximum atomic E-state index is 3.82. The molecule has 1 fully saturated rings. The van der Waals surface area contributed by atoms with E-state index >= 15 is 0 Å². The van der Waals surface area contributed by atoms with Crippen molar-refractivity contribution in [3.63, 3.8) is 0 Å². The molecule has 0 spiro atoms. The predicted molar refractivity (Wildman–Crippen MR) is 88.3 cm³/mol. The average molecular weight is 273 g/mol. The molecule has 2 rings (SSSR count). The van der Waals surface area contributed by atoms with E-state index in [1.54, 1.807) is 5.56 Å². The topological polar surface area (TPSA) is 12.0 Å². The first-order valence-corrected chi connectivity index (χ1v) is 8.50. The number of aryl methyl sites for hydroxylation is 2. The van der Waals surface area contributed by atoms with E-state index < -0.39 is 0 Å². The minimum absolute atomic E-state index is 0.733. The van der Waals surface area contributed by atoms with Crippen molar-refractivity contribution in [2.45, 2.75) is 71.8 Å². The van der Waals surface area contributed by atoms with Gasteiger partial charge in [-0.05, 0) is 68.7 Å². The van der Waals surface area contributed by atoms with Crippen LogP contribution in [0.4, 0.5) is 0 Å². The molecule has 0 amide bonds. The normalized spacial score (nSPS) is 23.6. The van der Waals surface area contributed by atoms with Crippen molar-refractivity contribution in [1.29, 1.82) is 0 Å². The molecule has 112 valence electrons. The van der Waals surface area contributed by atoms with Crippen molar-refractivity contribution in [2.24, 2.45) is 5.92 Å². The summed E-state index contributed by atoms with van der Waals surface area (Å²) in [6.45, 7) is 7.99. The third kappa shape index (κ3) is 4.09. The third-order valence-electron chi connectivity index (χ3n) is 4.93. The number of hydrogen-bond acceptors (Lipinski definition) is 1. The lowest BCUT2D eigenvalue weighted by Gasteiger charge is -2.27. The monoisotopic (exact) mass is 273 g/mol. The SMILES string of the molecule is CCCNC1CCCCCC1Cc1c(C)cccc1C. The Hall–Kier alpha value is -0.820. The Morgan fingerprint density at radius 1 is 1.05 bits per heavy atom. The second-order valence-electron chi connectivity index (χ2n) is 6.53. The van der Waals surface area contributed by atoms with Crippen LogP contribution in [0.2, 0.25) is 0 Å². The summed E-state index contributed by atoms with van der Waals surface area (Å²) in [5, 5.41) is 3.82. The van der Waals surface area contributed by atoms with Crippen LogP contribution < -0.4 is 5.32 Å². The molecule has 1 nitrogen and oxygen atoms in total.